The van der Waals surface area contributed by atoms with Crippen LogP contribution in [-0.4, -0.2) is 42.5 Å². The van der Waals surface area contributed by atoms with Crippen LogP contribution >= 0.6 is 0 Å². The summed E-state index contributed by atoms with van der Waals surface area (Å²) in [5, 5.41) is 5.71. The number of carbonyl (C=O) groups is 2. The first-order valence-electron chi connectivity index (χ1n) is 10.7. The van der Waals surface area contributed by atoms with Crippen molar-refractivity contribution in [3.05, 3.63) is 60.2 Å². The van der Waals surface area contributed by atoms with Gasteiger partial charge in [-0.2, -0.15) is 0 Å². The van der Waals surface area contributed by atoms with E-state index >= 15 is 0 Å². The molecular formula is C24H31N3O3. The Balaban J connectivity index is 1.40. The highest BCUT2D eigenvalue weighted by Gasteiger charge is 2.29. The first-order valence-corrected chi connectivity index (χ1v) is 10.7. The van der Waals surface area contributed by atoms with Crippen molar-refractivity contribution in [2.24, 2.45) is 0 Å². The molecule has 1 atom stereocenters. The Kier molecular flexibility index (Phi) is 8.27. The summed E-state index contributed by atoms with van der Waals surface area (Å²) in [5.41, 5.74) is 1.95. The molecule has 0 fully saturated rings. The Labute approximate surface area is 178 Å². The molecule has 2 N–H and O–H groups in total. The van der Waals surface area contributed by atoms with Gasteiger partial charge >= 0.3 is 0 Å². The van der Waals surface area contributed by atoms with Crippen LogP contribution in [0.4, 0.5) is 5.69 Å². The van der Waals surface area contributed by atoms with Crippen LogP contribution in [0.1, 0.15) is 38.2 Å². The molecule has 2 amide bonds. The largest absolute Gasteiger partial charge is 0.478 e. The van der Waals surface area contributed by atoms with Crippen LogP contribution in [0.25, 0.3) is 0 Å². The summed E-state index contributed by atoms with van der Waals surface area (Å²) >= 11 is 0. The van der Waals surface area contributed by atoms with E-state index in [1.165, 1.54) is 5.56 Å². The zero-order valence-electron chi connectivity index (χ0n) is 17.6. The molecule has 1 heterocycles. The number of nitrogens with zero attached hydrogens (tertiary/aromatic N) is 1. The lowest BCUT2D eigenvalue weighted by molar-refractivity contribution is -0.130. The second kappa shape index (κ2) is 11.4. The molecule has 2 aromatic rings. The van der Waals surface area contributed by atoms with E-state index in [9.17, 15) is 9.59 Å². The predicted octanol–water partition coefficient (Wildman–Crippen LogP) is 3.58. The van der Waals surface area contributed by atoms with E-state index in [1.807, 2.05) is 18.2 Å². The number of hydrogen-bond donors (Lipinski definition) is 2. The first kappa shape index (κ1) is 21.8. The van der Waals surface area contributed by atoms with Crippen molar-refractivity contribution in [3.8, 4) is 5.75 Å². The van der Waals surface area contributed by atoms with E-state index in [-0.39, 0.29) is 18.2 Å². The Hall–Kier alpha value is -2.86. The maximum absolute atomic E-state index is 12.3. The lowest BCUT2D eigenvalue weighted by Gasteiger charge is -2.25. The summed E-state index contributed by atoms with van der Waals surface area (Å²) in [6.45, 7) is 5.67. The predicted molar refractivity (Wildman–Crippen MR) is 118 cm³/mol. The van der Waals surface area contributed by atoms with Gasteiger partial charge in [-0.3, -0.25) is 14.5 Å². The number of unbranched alkanes of at least 4 members (excludes halogenated alkanes) is 1. The minimum absolute atomic E-state index is 0.0176. The average Bonchev–Trinajstić information content (AvgIpc) is 2.76. The molecular weight excluding hydrogens is 378 g/mol. The SMILES string of the molecule is CCCCN(CCCNC(=O)CC1Oc2ccccc2NC1=O)Cc1ccccc1. The number of hydrogen-bond acceptors (Lipinski definition) is 4. The fraction of sp³-hybridized carbons (Fsp3) is 0.417. The Bertz CT molecular complexity index is 825. The summed E-state index contributed by atoms with van der Waals surface area (Å²) in [5.74, 6) is 0.150. The molecule has 2 aromatic carbocycles. The fourth-order valence-electron chi connectivity index (χ4n) is 3.49. The molecule has 0 radical (unpaired) electrons. The molecule has 0 saturated carbocycles. The number of amides is 2. The molecule has 0 aliphatic carbocycles. The van der Waals surface area contributed by atoms with Gasteiger partial charge in [0.25, 0.3) is 5.91 Å². The molecule has 0 aromatic heterocycles. The maximum atomic E-state index is 12.3. The van der Waals surface area contributed by atoms with Crippen molar-refractivity contribution in [1.82, 2.24) is 10.2 Å². The van der Waals surface area contributed by atoms with E-state index in [0.717, 1.165) is 38.9 Å². The van der Waals surface area contributed by atoms with Crippen LogP contribution in [-0.2, 0) is 16.1 Å². The van der Waals surface area contributed by atoms with Crippen LogP contribution in [0.3, 0.4) is 0 Å². The molecule has 6 nitrogen and oxygen atoms in total. The van der Waals surface area contributed by atoms with Gasteiger partial charge in [-0.25, -0.2) is 0 Å². The molecule has 30 heavy (non-hydrogen) atoms. The average molecular weight is 410 g/mol. The zero-order chi connectivity index (χ0) is 21.2. The number of ether oxygens (including phenoxy) is 1. The van der Waals surface area contributed by atoms with Crippen molar-refractivity contribution in [2.75, 3.05) is 25.0 Å². The quantitative estimate of drug-likeness (QED) is 0.557. The monoisotopic (exact) mass is 409 g/mol. The Morgan fingerprint density at radius 2 is 1.80 bits per heavy atom. The van der Waals surface area contributed by atoms with Gasteiger partial charge in [-0.05, 0) is 37.1 Å². The van der Waals surface area contributed by atoms with Gasteiger partial charge < -0.3 is 15.4 Å². The Morgan fingerprint density at radius 1 is 1.07 bits per heavy atom. The molecule has 160 valence electrons. The summed E-state index contributed by atoms with van der Waals surface area (Å²) in [6, 6.07) is 17.7. The topological polar surface area (TPSA) is 70.7 Å². The molecule has 1 aliphatic rings. The van der Waals surface area contributed by atoms with Crippen LogP contribution in [0.15, 0.2) is 54.6 Å². The highest BCUT2D eigenvalue weighted by Crippen LogP contribution is 2.29. The highest BCUT2D eigenvalue weighted by molar-refractivity contribution is 5.99. The Morgan fingerprint density at radius 3 is 2.60 bits per heavy atom. The number of nitrogens with one attached hydrogen (secondary N) is 2. The normalized spacial score (nSPS) is 15.3. The van der Waals surface area contributed by atoms with E-state index in [1.54, 1.807) is 12.1 Å². The summed E-state index contributed by atoms with van der Waals surface area (Å²) in [4.78, 5) is 26.9. The van der Waals surface area contributed by atoms with E-state index in [0.29, 0.717) is 18.0 Å². The lowest BCUT2D eigenvalue weighted by Crippen LogP contribution is -2.41. The second-order valence-electron chi connectivity index (χ2n) is 7.61. The third-order valence-corrected chi connectivity index (χ3v) is 5.13. The van der Waals surface area contributed by atoms with E-state index in [2.05, 4.69) is 46.7 Å². The van der Waals surface area contributed by atoms with Gasteiger partial charge in [0.1, 0.15) is 5.75 Å². The molecule has 0 saturated heterocycles. The van der Waals surface area contributed by atoms with Crippen LogP contribution < -0.4 is 15.4 Å². The smallest absolute Gasteiger partial charge is 0.266 e. The van der Waals surface area contributed by atoms with Gasteiger partial charge in [-0.1, -0.05) is 55.8 Å². The number of rotatable bonds is 11. The lowest BCUT2D eigenvalue weighted by atomic mass is 10.1. The third kappa shape index (κ3) is 6.59. The fourth-order valence-corrected chi connectivity index (χ4v) is 3.49. The van der Waals surface area contributed by atoms with Gasteiger partial charge in [0.2, 0.25) is 5.91 Å². The molecule has 3 rings (SSSR count). The van der Waals surface area contributed by atoms with Crippen LogP contribution in [0, 0.1) is 0 Å². The molecule has 6 heteroatoms. The van der Waals surface area contributed by atoms with E-state index in [4.69, 9.17) is 4.74 Å². The van der Waals surface area contributed by atoms with Crippen molar-refractivity contribution in [3.63, 3.8) is 0 Å². The van der Waals surface area contributed by atoms with Gasteiger partial charge in [0, 0.05) is 19.6 Å². The number of benzene rings is 2. The summed E-state index contributed by atoms with van der Waals surface area (Å²) in [7, 11) is 0. The molecule has 1 aliphatic heterocycles. The highest BCUT2D eigenvalue weighted by atomic mass is 16.5. The van der Waals surface area contributed by atoms with Gasteiger partial charge in [0.05, 0.1) is 12.1 Å². The minimum Gasteiger partial charge on any atom is -0.478 e. The zero-order valence-corrected chi connectivity index (χ0v) is 17.6. The standard InChI is InChI=1S/C24H31N3O3/c1-2-3-15-27(18-19-10-5-4-6-11-19)16-9-14-25-23(28)17-22-24(29)26-20-12-7-8-13-21(20)30-22/h4-8,10-13,22H,2-3,9,14-18H2,1H3,(H,25,28)(H,26,29). The molecule has 0 spiro atoms. The van der Waals surface area contributed by atoms with E-state index < -0.39 is 6.10 Å². The number of carbonyl (C=O) groups excluding carboxylic acids is 2. The van der Waals surface area contributed by atoms with Crippen molar-refractivity contribution in [2.45, 2.75) is 45.3 Å². The van der Waals surface area contributed by atoms with Gasteiger partial charge in [-0.15, -0.1) is 0 Å². The summed E-state index contributed by atoms with van der Waals surface area (Å²) < 4.78 is 5.69. The van der Waals surface area contributed by atoms with Crippen LogP contribution in [0.5, 0.6) is 5.75 Å². The van der Waals surface area contributed by atoms with Crippen molar-refractivity contribution >= 4 is 17.5 Å². The number of fused-ring (bicyclic) bond motifs is 1. The van der Waals surface area contributed by atoms with Crippen LogP contribution in [0.2, 0.25) is 0 Å². The third-order valence-electron chi connectivity index (χ3n) is 5.13. The first-order chi connectivity index (χ1) is 14.7. The minimum atomic E-state index is -0.793. The second-order valence-corrected chi connectivity index (χ2v) is 7.61. The van der Waals surface area contributed by atoms with Gasteiger partial charge in [0.15, 0.2) is 6.10 Å². The number of para-hydroxylation sites is 2. The van der Waals surface area contributed by atoms with Crippen molar-refractivity contribution in [1.29, 1.82) is 0 Å². The molecule has 1 unspecified atom stereocenters. The van der Waals surface area contributed by atoms with Crippen molar-refractivity contribution < 1.29 is 14.3 Å². The molecule has 0 bridgehead atoms. The summed E-state index contributed by atoms with van der Waals surface area (Å²) in [6.07, 6.45) is 2.41. The maximum Gasteiger partial charge on any atom is 0.266 e. The number of anilines is 1.